The van der Waals surface area contributed by atoms with E-state index in [2.05, 4.69) is 4.98 Å². The molecule has 2 aromatic rings. The Bertz CT molecular complexity index is 644. The van der Waals surface area contributed by atoms with Crippen molar-refractivity contribution in [1.82, 2.24) is 4.98 Å². The highest BCUT2D eigenvalue weighted by Crippen LogP contribution is 2.30. The molecule has 0 amide bonds. The zero-order valence-electron chi connectivity index (χ0n) is 10.4. The molecule has 2 rings (SSSR count). The lowest BCUT2D eigenvalue weighted by Crippen LogP contribution is -1.95. The molecule has 0 aliphatic carbocycles. The van der Waals surface area contributed by atoms with E-state index in [0.717, 1.165) is 5.56 Å². The first-order valence-corrected chi connectivity index (χ1v) is 5.90. The third kappa shape index (κ3) is 3.00. The molecule has 0 saturated heterocycles. The maximum Gasteiger partial charge on any atom is 0.290 e. The lowest BCUT2D eigenvalue weighted by atomic mass is 10.2. The number of pyridine rings is 1. The zero-order valence-corrected chi connectivity index (χ0v) is 11.1. The molecule has 0 aliphatic heterocycles. The third-order valence-electron chi connectivity index (χ3n) is 2.56. The van der Waals surface area contributed by atoms with E-state index in [0.29, 0.717) is 16.3 Å². The van der Waals surface area contributed by atoms with Gasteiger partial charge in [0.1, 0.15) is 11.9 Å². The highest BCUT2D eigenvalue weighted by Gasteiger charge is 2.13. The Kier molecular flexibility index (Phi) is 3.66. The Morgan fingerprint density at radius 1 is 1.32 bits per heavy atom. The van der Waals surface area contributed by atoms with Gasteiger partial charge >= 0.3 is 0 Å². The monoisotopic (exact) mass is 278 g/mol. The van der Waals surface area contributed by atoms with Crippen LogP contribution in [0.3, 0.4) is 0 Å². The highest BCUT2D eigenvalue weighted by molar-refractivity contribution is 6.32. The SMILES string of the molecule is Cc1ccc(Oc2cc(C)c([N+](=O)[O-])cn2)c(Cl)c1. The molecule has 98 valence electrons. The van der Waals surface area contributed by atoms with E-state index in [1.165, 1.54) is 12.3 Å². The van der Waals surface area contributed by atoms with Gasteiger partial charge in [-0.3, -0.25) is 10.1 Å². The van der Waals surface area contributed by atoms with Crippen LogP contribution < -0.4 is 4.74 Å². The lowest BCUT2D eigenvalue weighted by Gasteiger charge is -2.07. The van der Waals surface area contributed by atoms with Gasteiger partial charge < -0.3 is 4.74 Å². The maximum absolute atomic E-state index is 10.7. The van der Waals surface area contributed by atoms with Crippen LogP contribution in [0, 0.1) is 24.0 Å². The van der Waals surface area contributed by atoms with Gasteiger partial charge in [-0.25, -0.2) is 4.98 Å². The van der Waals surface area contributed by atoms with E-state index in [9.17, 15) is 10.1 Å². The Hall–Kier alpha value is -2.14. The lowest BCUT2D eigenvalue weighted by molar-refractivity contribution is -0.385. The summed E-state index contributed by atoms with van der Waals surface area (Å²) in [6.07, 6.45) is 1.17. The van der Waals surface area contributed by atoms with Crippen LogP contribution in [-0.2, 0) is 0 Å². The number of rotatable bonds is 3. The van der Waals surface area contributed by atoms with Crippen molar-refractivity contribution < 1.29 is 9.66 Å². The van der Waals surface area contributed by atoms with Crippen molar-refractivity contribution in [3.63, 3.8) is 0 Å². The molecule has 1 heterocycles. The van der Waals surface area contributed by atoms with Crippen molar-refractivity contribution in [1.29, 1.82) is 0 Å². The predicted molar refractivity (Wildman–Crippen MR) is 71.9 cm³/mol. The molecule has 0 radical (unpaired) electrons. The molecule has 6 heteroatoms. The normalized spacial score (nSPS) is 10.3. The van der Waals surface area contributed by atoms with E-state index in [-0.39, 0.29) is 11.6 Å². The fourth-order valence-electron chi connectivity index (χ4n) is 1.57. The van der Waals surface area contributed by atoms with Crippen LogP contribution in [0.25, 0.3) is 0 Å². The summed E-state index contributed by atoms with van der Waals surface area (Å²) in [6, 6.07) is 6.87. The minimum absolute atomic E-state index is 0.0395. The first-order chi connectivity index (χ1) is 8.97. The van der Waals surface area contributed by atoms with Crippen LogP contribution in [0.5, 0.6) is 11.6 Å². The number of hydrogen-bond acceptors (Lipinski definition) is 4. The van der Waals surface area contributed by atoms with Crippen LogP contribution in [0.4, 0.5) is 5.69 Å². The summed E-state index contributed by atoms with van der Waals surface area (Å²) in [5, 5.41) is 11.2. The van der Waals surface area contributed by atoms with E-state index in [1.807, 2.05) is 13.0 Å². The average Bonchev–Trinajstić information content (AvgIpc) is 2.32. The summed E-state index contributed by atoms with van der Waals surface area (Å²) < 4.78 is 5.51. The van der Waals surface area contributed by atoms with Crippen molar-refractivity contribution in [3.05, 3.63) is 56.7 Å². The van der Waals surface area contributed by atoms with Crippen molar-refractivity contribution in [2.45, 2.75) is 13.8 Å². The number of benzene rings is 1. The highest BCUT2D eigenvalue weighted by atomic mass is 35.5. The smallest absolute Gasteiger partial charge is 0.290 e. The summed E-state index contributed by atoms with van der Waals surface area (Å²) in [4.78, 5) is 14.1. The summed E-state index contributed by atoms with van der Waals surface area (Å²) in [5.74, 6) is 0.738. The first-order valence-electron chi connectivity index (χ1n) is 5.52. The number of hydrogen-bond donors (Lipinski definition) is 0. The van der Waals surface area contributed by atoms with Gasteiger partial charge in [-0.05, 0) is 31.5 Å². The fraction of sp³-hybridized carbons (Fsp3) is 0.154. The molecule has 19 heavy (non-hydrogen) atoms. The van der Waals surface area contributed by atoms with Gasteiger partial charge in [-0.1, -0.05) is 17.7 Å². The summed E-state index contributed by atoms with van der Waals surface area (Å²) in [7, 11) is 0. The van der Waals surface area contributed by atoms with Gasteiger partial charge in [0.15, 0.2) is 0 Å². The molecule has 1 aromatic heterocycles. The summed E-state index contributed by atoms with van der Waals surface area (Å²) in [6.45, 7) is 3.55. The van der Waals surface area contributed by atoms with Gasteiger partial charge in [-0.2, -0.15) is 0 Å². The van der Waals surface area contributed by atoms with Crippen LogP contribution in [0.2, 0.25) is 5.02 Å². The Labute approximate surface area is 115 Å². The molecule has 1 aromatic carbocycles. The second kappa shape index (κ2) is 5.24. The van der Waals surface area contributed by atoms with E-state index in [4.69, 9.17) is 16.3 Å². The van der Waals surface area contributed by atoms with Crippen molar-refractivity contribution in [2.24, 2.45) is 0 Å². The number of nitro groups is 1. The summed E-state index contributed by atoms with van der Waals surface area (Å²) >= 11 is 6.04. The second-order valence-corrected chi connectivity index (χ2v) is 4.51. The van der Waals surface area contributed by atoms with Crippen molar-refractivity contribution >= 4 is 17.3 Å². The minimum Gasteiger partial charge on any atom is -0.437 e. The molecule has 0 aliphatic rings. The number of ether oxygens (including phenoxy) is 1. The van der Waals surface area contributed by atoms with Gasteiger partial charge in [0, 0.05) is 11.6 Å². The van der Waals surface area contributed by atoms with E-state index in [1.54, 1.807) is 19.1 Å². The maximum atomic E-state index is 10.7. The largest absolute Gasteiger partial charge is 0.437 e. The van der Waals surface area contributed by atoms with Gasteiger partial charge in [0.05, 0.1) is 9.95 Å². The van der Waals surface area contributed by atoms with Crippen molar-refractivity contribution in [3.8, 4) is 11.6 Å². The molecule has 0 N–H and O–H groups in total. The molecule has 5 nitrogen and oxygen atoms in total. The van der Waals surface area contributed by atoms with E-state index < -0.39 is 4.92 Å². The van der Waals surface area contributed by atoms with Gasteiger partial charge in [0.2, 0.25) is 5.88 Å². The first kappa shape index (κ1) is 13.3. The summed E-state index contributed by atoms with van der Waals surface area (Å²) in [5.41, 5.74) is 1.46. The Morgan fingerprint density at radius 3 is 2.63 bits per heavy atom. The predicted octanol–water partition coefficient (Wildman–Crippen LogP) is 4.05. The van der Waals surface area contributed by atoms with Crippen LogP contribution in [0.15, 0.2) is 30.5 Å². The Balaban J connectivity index is 2.29. The minimum atomic E-state index is -0.481. The Morgan fingerprint density at radius 2 is 2.05 bits per heavy atom. The quantitative estimate of drug-likeness (QED) is 0.627. The zero-order chi connectivity index (χ0) is 14.0. The van der Waals surface area contributed by atoms with Gasteiger partial charge in [-0.15, -0.1) is 0 Å². The molecular weight excluding hydrogens is 268 g/mol. The number of nitrogens with zero attached hydrogens (tertiary/aromatic N) is 2. The standard InChI is InChI=1S/C13H11ClN2O3/c1-8-3-4-12(10(14)5-8)19-13-6-9(2)11(7-15-13)16(17)18/h3-7H,1-2H3. The topological polar surface area (TPSA) is 65.3 Å². The van der Waals surface area contributed by atoms with Crippen LogP contribution >= 0.6 is 11.6 Å². The van der Waals surface area contributed by atoms with E-state index >= 15 is 0 Å². The fourth-order valence-corrected chi connectivity index (χ4v) is 1.84. The number of aryl methyl sites for hydroxylation is 2. The van der Waals surface area contributed by atoms with Crippen LogP contribution in [-0.4, -0.2) is 9.91 Å². The average molecular weight is 279 g/mol. The molecule has 0 fully saturated rings. The van der Waals surface area contributed by atoms with Crippen LogP contribution in [0.1, 0.15) is 11.1 Å². The van der Waals surface area contributed by atoms with Gasteiger partial charge in [0.25, 0.3) is 5.69 Å². The molecule has 0 bridgehead atoms. The molecule has 0 unspecified atom stereocenters. The number of aromatic nitrogens is 1. The van der Waals surface area contributed by atoms with Crippen molar-refractivity contribution in [2.75, 3.05) is 0 Å². The second-order valence-electron chi connectivity index (χ2n) is 4.10. The third-order valence-corrected chi connectivity index (χ3v) is 2.85. The number of halogens is 1. The molecular formula is C13H11ClN2O3. The molecule has 0 atom stereocenters. The molecule has 0 spiro atoms. The molecule has 0 saturated carbocycles.